The van der Waals surface area contributed by atoms with Crippen molar-refractivity contribution in [3.8, 4) is 0 Å². The third kappa shape index (κ3) is 3.35. The van der Waals surface area contributed by atoms with Crippen LogP contribution in [-0.2, 0) is 4.79 Å². The van der Waals surface area contributed by atoms with E-state index in [2.05, 4.69) is 53.3 Å². The average Bonchev–Trinajstić information content (AvgIpc) is 2.53. The SMILES string of the molecule is Cc1cc(N(C)C)c2c(n1)N(c1ccc(C(C)C)cc1Br)CC(=O)N2. The molecule has 0 bridgehead atoms. The van der Waals surface area contributed by atoms with Gasteiger partial charge in [0, 0.05) is 24.3 Å². The molecule has 1 N–H and O–H groups in total. The number of hydrogen-bond acceptors (Lipinski definition) is 4. The summed E-state index contributed by atoms with van der Waals surface area (Å²) in [5.74, 6) is 1.19. The number of carbonyl (C=O) groups excluding carboxylic acids is 1. The molecule has 0 aliphatic carbocycles. The number of benzene rings is 1. The lowest BCUT2D eigenvalue weighted by Crippen LogP contribution is -2.37. The van der Waals surface area contributed by atoms with Gasteiger partial charge in [-0.1, -0.05) is 19.9 Å². The standard InChI is InChI=1S/C19H23BrN4O/c1-11(2)13-6-7-15(14(20)9-13)24-10-17(25)22-18-16(23(4)5)8-12(3)21-19(18)24/h6-9,11H,10H2,1-5H3,(H,22,25). The molecule has 0 saturated heterocycles. The van der Waals surface area contributed by atoms with Gasteiger partial charge in [-0.05, 0) is 52.5 Å². The van der Waals surface area contributed by atoms with Crippen molar-refractivity contribution in [1.29, 1.82) is 0 Å². The number of aryl methyl sites for hydroxylation is 1. The first kappa shape index (κ1) is 17.7. The third-order valence-corrected chi connectivity index (χ3v) is 4.98. The Labute approximate surface area is 157 Å². The van der Waals surface area contributed by atoms with Crippen LogP contribution in [0.2, 0.25) is 0 Å². The number of anilines is 4. The van der Waals surface area contributed by atoms with Gasteiger partial charge in [-0.2, -0.15) is 0 Å². The quantitative estimate of drug-likeness (QED) is 0.824. The summed E-state index contributed by atoms with van der Waals surface area (Å²) in [6.07, 6.45) is 0. The highest BCUT2D eigenvalue weighted by Gasteiger charge is 2.29. The van der Waals surface area contributed by atoms with Crippen molar-refractivity contribution >= 4 is 44.7 Å². The molecule has 1 amide bonds. The van der Waals surface area contributed by atoms with E-state index in [-0.39, 0.29) is 12.5 Å². The Balaban J connectivity index is 2.16. The Bertz CT molecular complexity index is 832. The minimum Gasteiger partial charge on any atom is -0.376 e. The van der Waals surface area contributed by atoms with Gasteiger partial charge in [-0.25, -0.2) is 4.98 Å². The van der Waals surface area contributed by atoms with Crippen LogP contribution in [0, 0.1) is 6.92 Å². The van der Waals surface area contributed by atoms with Crippen molar-refractivity contribution in [1.82, 2.24) is 4.98 Å². The first-order valence-electron chi connectivity index (χ1n) is 8.33. The van der Waals surface area contributed by atoms with Gasteiger partial charge in [-0.15, -0.1) is 0 Å². The van der Waals surface area contributed by atoms with E-state index in [1.807, 2.05) is 36.9 Å². The molecule has 5 nitrogen and oxygen atoms in total. The smallest absolute Gasteiger partial charge is 0.244 e. The number of nitrogens with one attached hydrogen (secondary N) is 1. The van der Waals surface area contributed by atoms with Crippen LogP contribution in [0.5, 0.6) is 0 Å². The minimum absolute atomic E-state index is 0.0407. The zero-order valence-electron chi connectivity index (χ0n) is 15.2. The highest BCUT2D eigenvalue weighted by Crippen LogP contribution is 2.42. The molecule has 0 saturated carbocycles. The summed E-state index contributed by atoms with van der Waals surface area (Å²) in [6.45, 7) is 6.55. The van der Waals surface area contributed by atoms with Crippen LogP contribution in [-0.4, -0.2) is 31.5 Å². The van der Waals surface area contributed by atoms with E-state index in [4.69, 9.17) is 4.98 Å². The van der Waals surface area contributed by atoms with Gasteiger partial charge in [0.05, 0.1) is 11.4 Å². The summed E-state index contributed by atoms with van der Waals surface area (Å²) in [4.78, 5) is 21.0. The summed E-state index contributed by atoms with van der Waals surface area (Å²) in [7, 11) is 3.93. The van der Waals surface area contributed by atoms with Crippen molar-refractivity contribution < 1.29 is 4.79 Å². The summed E-state index contributed by atoms with van der Waals surface area (Å²) in [5.41, 5.74) is 4.83. The van der Waals surface area contributed by atoms with Gasteiger partial charge in [-0.3, -0.25) is 4.79 Å². The molecule has 3 rings (SSSR count). The van der Waals surface area contributed by atoms with Crippen molar-refractivity contribution in [2.75, 3.05) is 35.8 Å². The highest BCUT2D eigenvalue weighted by atomic mass is 79.9. The summed E-state index contributed by atoms with van der Waals surface area (Å²) in [6, 6.07) is 8.27. The summed E-state index contributed by atoms with van der Waals surface area (Å²) in [5, 5.41) is 2.99. The van der Waals surface area contributed by atoms with Crippen LogP contribution >= 0.6 is 15.9 Å². The monoisotopic (exact) mass is 402 g/mol. The first-order chi connectivity index (χ1) is 11.8. The number of pyridine rings is 1. The second kappa shape index (κ2) is 6.67. The maximum Gasteiger partial charge on any atom is 0.244 e. The molecule has 1 aliphatic rings. The zero-order chi connectivity index (χ0) is 18.3. The van der Waals surface area contributed by atoms with Crippen LogP contribution in [0.3, 0.4) is 0 Å². The maximum atomic E-state index is 12.3. The fourth-order valence-corrected chi connectivity index (χ4v) is 3.62. The van der Waals surface area contributed by atoms with E-state index < -0.39 is 0 Å². The number of aromatic nitrogens is 1. The average molecular weight is 403 g/mol. The molecule has 0 spiro atoms. The van der Waals surface area contributed by atoms with Crippen LogP contribution in [0.4, 0.5) is 22.9 Å². The first-order valence-corrected chi connectivity index (χ1v) is 9.13. The lowest BCUT2D eigenvalue weighted by molar-refractivity contribution is -0.115. The molecule has 2 heterocycles. The van der Waals surface area contributed by atoms with Gasteiger partial charge in [0.1, 0.15) is 12.2 Å². The Morgan fingerprint density at radius 2 is 2.00 bits per heavy atom. The fraction of sp³-hybridized carbons (Fsp3) is 0.368. The largest absolute Gasteiger partial charge is 0.376 e. The maximum absolute atomic E-state index is 12.3. The zero-order valence-corrected chi connectivity index (χ0v) is 16.8. The van der Waals surface area contributed by atoms with E-state index in [9.17, 15) is 4.79 Å². The summed E-state index contributed by atoms with van der Waals surface area (Å²) >= 11 is 3.68. The van der Waals surface area contributed by atoms with E-state index in [1.165, 1.54) is 5.56 Å². The molecule has 1 aliphatic heterocycles. The van der Waals surface area contributed by atoms with Crippen molar-refractivity contribution in [3.05, 3.63) is 40.0 Å². The van der Waals surface area contributed by atoms with E-state index in [0.717, 1.165) is 33.0 Å². The van der Waals surface area contributed by atoms with Crippen molar-refractivity contribution in [3.63, 3.8) is 0 Å². The lowest BCUT2D eigenvalue weighted by Gasteiger charge is -2.33. The van der Waals surface area contributed by atoms with Crippen molar-refractivity contribution in [2.45, 2.75) is 26.7 Å². The van der Waals surface area contributed by atoms with Gasteiger partial charge in [0.15, 0.2) is 5.82 Å². The van der Waals surface area contributed by atoms with E-state index >= 15 is 0 Å². The highest BCUT2D eigenvalue weighted by molar-refractivity contribution is 9.10. The van der Waals surface area contributed by atoms with Crippen LogP contribution in [0.25, 0.3) is 0 Å². The summed E-state index contributed by atoms with van der Waals surface area (Å²) < 4.78 is 0.967. The molecular formula is C19H23BrN4O. The molecule has 0 unspecified atom stereocenters. The molecule has 1 aromatic heterocycles. The fourth-order valence-electron chi connectivity index (χ4n) is 3.01. The molecule has 6 heteroatoms. The number of rotatable bonds is 3. The predicted octanol–water partition coefficient (Wildman–Crippen LogP) is 4.43. The van der Waals surface area contributed by atoms with Gasteiger partial charge in [0.2, 0.25) is 5.91 Å². The Hall–Kier alpha value is -2.08. The van der Waals surface area contributed by atoms with Gasteiger partial charge >= 0.3 is 0 Å². The number of carbonyl (C=O) groups is 1. The number of fused-ring (bicyclic) bond motifs is 1. The third-order valence-electron chi connectivity index (χ3n) is 4.34. The van der Waals surface area contributed by atoms with Crippen molar-refractivity contribution in [2.24, 2.45) is 0 Å². The molecule has 1 aromatic carbocycles. The molecule has 2 aromatic rings. The second-order valence-electron chi connectivity index (χ2n) is 6.88. The Morgan fingerprint density at radius 1 is 1.28 bits per heavy atom. The van der Waals surface area contributed by atoms with Gasteiger partial charge in [0.25, 0.3) is 0 Å². The predicted molar refractivity (Wildman–Crippen MR) is 107 cm³/mol. The molecule has 0 atom stereocenters. The number of halogens is 1. The molecule has 25 heavy (non-hydrogen) atoms. The Morgan fingerprint density at radius 3 is 2.60 bits per heavy atom. The molecule has 132 valence electrons. The van der Waals surface area contributed by atoms with Crippen LogP contribution < -0.4 is 15.1 Å². The molecule has 0 radical (unpaired) electrons. The van der Waals surface area contributed by atoms with Crippen LogP contribution in [0.1, 0.15) is 31.0 Å². The Kier molecular flexibility index (Phi) is 4.73. The molecule has 0 fully saturated rings. The lowest BCUT2D eigenvalue weighted by atomic mass is 10.0. The number of nitrogens with zero attached hydrogens (tertiary/aromatic N) is 3. The molecular weight excluding hydrogens is 380 g/mol. The van der Waals surface area contributed by atoms with Crippen LogP contribution in [0.15, 0.2) is 28.7 Å². The van der Waals surface area contributed by atoms with E-state index in [1.54, 1.807) is 0 Å². The normalized spacial score (nSPS) is 13.7. The minimum atomic E-state index is -0.0407. The number of hydrogen-bond donors (Lipinski definition) is 1. The topological polar surface area (TPSA) is 48.5 Å². The second-order valence-corrected chi connectivity index (χ2v) is 7.73. The number of amides is 1. The van der Waals surface area contributed by atoms with Gasteiger partial charge < -0.3 is 15.1 Å². The van der Waals surface area contributed by atoms with E-state index in [0.29, 0.717) is 5.92 Å².